The number of benzene rings is 2. The maximum absolute atomic E-state index is 13.6. The van der Waals surface area contributed by atoms with Crippen LogP contribution in [-0.2, 0) is 27.2 Å². The van der Waals surface area contributed by atoms with Crippen molar-refractivity contribution in [3.05, 3.63) is 71.8 Å². The van der Waals surface area contributed by atoms with Crippen molar-refractivity contribution in [2.24, 2.45) is 11.8 Å². The van der Waals surface area contributed by atoms with E-state index in [1.54, 1.807) is 0 Å². The van der Waals surface area contributed by atoms with Gasteiger partial charge in [-0.05, 0) is 80.9 Å². The van der Waals surface area contributed by atoms with Crippen molar-refractivity contribution in [1.29, 1.82) is 0 Å². The van der Waals surface area contributed by atoms with Crippen LogP contribution < -0.4 is 0 Å². The van der Waals surface area contributed by atoms with Crippen LogP contribution in [0.5, 0.6) is 0 Å². The van der Waals surface area contributed by atoms with Gasteiger partial charge in [0.15, 0.2) is 0 Å². The zero-order valence-electron chi connectivity index (χ0n) is 27.8. The summed E-state index contributed by atoms with van der Waals surface area (Å²) < 4.78 is 0. The van der Waals surface area contributed by atoms with E-state index < -0.39 is 5.97 Å². The molecule has 0 radical (unpaired) electrons. The standard InChI is InChI=1S/C38H54N4O4/c1-2-39(27-36(43)40-21-17-32(18-22-40)25-30-11-5-3-6-12-30)34-15-9-10-16-35(34)42(29-38(45)46)28-37(44)41-23-19-33(20-24-41)26-31-13-7-4-8-14-31/h3-8,11-14,32-35H,2,9-10,15-29H2,1H3,(H,45,46). The van der Waals surface area contributed by atoms with Gasteiger partial charge in [-0.3, -0.25) is 24.2 Å². The van der Waals surface area contributed by atoms with Gasteiger partial charge in [0.1, 0.15) is 0 Å². The molecular formula is C38H54N4O4. The molecule has 1 aliphatic carbocycles. The number of carbonyl (C=O) groups is 3. The largest absolute Gasteiger partial charge is 0.480 e. The highest BCUT2D eigenvalue weighted by molar-refractivity contribution is 5.79. The quantitative estimate of drug-likeness (QED) is 0.337. The van der Waals surface area contributed by atoms with Crippen molar-refractivity contribution in [1.82, 2.24) is 19.6 Å². The summed E-state index contributed by atoms with van der Waals surface area (Å²) in [6, 6.07) is 21.1. The molecular weight excluding hydrogens is 576 g/mol. The molecule has 2 heterocycles. The van der Waals surface area contributed by atoms with Crippen molar-refractivity contribution >= 4 is 17.8 Å². The number of carboxylic acids is 1. The summed E-state index contributed by atoms with van der Waals surface area (Å²) >= 11 is 0. The molecule has 1 N–H and O–H groups in total. The second kappa shape index (κ2) is 17.1. The molecule has 0 spiro atoms. The molecule has 2 aromatic rings. The topological polar surface area (TPSA) is 84.4 Å². The molecule has 250 valence electrons. The highest BCUT2D eigenvalue weighted by atomic mass is 16.4. The molecule has 2 saturated heterocycles. The molecule has 2 aliphatic heterocycles. The minimum Gasteiger partial charge on any atom is -0.480 e. The van der Waals surface area contributed by atoms with Gasteiger partial charge in [0.25, 0.3) is 0 Å². The molecule has 0 bridgehead atoms. The summed E-state index contributed by atoms with van der Waals surface area (Å²) in [5, 5.41) is 9.88. The van der Waals surface area contributed by atoms with Crippen LogP contribution in [0.4, 0.5) is 0 Å². The van der Waals surface area contributed by atoms with E-state index >= 15 is 0 Å². The Hall–Kier alpha value is -3.23. The van der Waals surface area contributed by atoms with Crippen molar-refractivity contribution in [2.45, 2.75) is 83.2 Å². The number of nitrogens with zero attached hydrogens (tertiary/aromatic N) is 4. The number of likely N-dealkylation sites (tertiary alicyclic amines) is 2. The van der Waals surface area contributed by atoms with Crippen LogP contribution in [0.3, 0.4) is 0 Å². The second-order valence-electron chi connectivity index (χ2n) is 13.8. The summed E-state index contributed by atoms with van der Waals surface area (Å²) in [4.78, 5) is 47.4. The Morgan fingerprint density at radius 2 is 1.04 bits per heavy atom. The first-order valence-corrected chi connectivity index (χ1v) is 17.7. The Kier molecular flexibility index (Phi) is 12.7. The lowest BCUT2D eigenvalue weighted by Crippen LogP contribution is -2.58. The Morgan fingerprint density at radius 3 is 1.46 bits per heavy atom. The molecule has 8 heteroatoms. The minimum atomic E-state index is -0.906. The first kappa shape index (κ1) is 34.1. The van der Waals surface area contributed by atoms with E-state index in [1.807, 2.05) is 20.8 Å². The van der Waals surface area contributed by atoms with E-state index in [0.717, 1.165) is 96.9 Å². The van der Waals surface area contributed by atoms with E-state index in [4.69, 9.17) is 0 Å². The lowest BCUT2D eigenvalue weighted by atomic mass is 9.87. The number of piperidine rings is 2. The lowest BCUT2D eigenvalue weighted by molar-refractivity contribution is -0.143. The van der Waals surface area contributed by atoms with Crippen molar-refractivity contribution < 1.29 is 19.5 Å². The Labute approximate surface area is 275 Å². The van der Waals surface area contributed by atoms with E-state index in [0.29, 0.717) is 18.4 Å². The Bertz CT molecular complexity index is 1240. The van der Waals surface area contributed by atoms with Gasteiger partial charge in [-0.25, -0.2) is 0 Å². The third-order valence-electron chi connectivity index (χ3n) is 10.7. The fourth-order valence-corrected chi connectivity index (χ4v) is 8.09. The number of likely N-dealkylation sites (N-methyl/N-ethyl adjacent to an activating group) is 1. The smallest absolute Gasteiger partial charge is 0.317 e. The highest BCUT2D eigenvalue weighted by Gasteiger charge is 2.37. The van der Waals surface area contributed by atoms with Crippen LogP contribution in [0.15, 0.2) is 60.7 Å². The van der Waals surface area contributed by atoms with E-state index in [2.05, 4.69) is 66.4 Å². The predicted molar refractivity (Wildman–Crippen MR) is 181 cm³/mol. The third kappa shape index (κ3) is 9.64. The van der Waals surface area contributed by atoms with E-state index in [9.17, 15) is 19.5 Å². The minimum absolute atomic E-state index is 0.0289. The molecule has 1 saturated carbocycles. The van der Waals surface area contributed by atoms with Crippen LogP contribution >= 0.6 is 0 Å². The molecule has 0 aromatic heterocycles. The van der Waals surface area contributed by atoms with Gasteiger partial charge in [-0.15, -0.1) is 0 Å². The molecule has 2 atom stereocenters. The number of hydrogen-bond acceptors (Lipinski definition) is 5. The summed E-state index contributed by atoms with van der Waals surface area (Å²) in [7, 11) is 0. The first-order chi connectivity index (χ1) is 22.4. The monoisotopic (exact) mass is 630 g/mol. The number of carbonyl (C=O) groups excluding carboxylic acids is 2. The number of aliphatic carboxylic acids is 1. The van der Waals surface area contributed by atoms with Gasteiger partial charge in [-0.2, -0.15) is 0 Å². The molecule has 2 amide bonds. The van der Waals surface area contributed by atoms with Crippen LogP contribution in [0.1, 0.15) is 69.4 Å². The zero-order valence-corrected chi connectivity index (χ0v) is 27.8. The molecule has 3 aliphatic rings. The van der Waals surface area contributed by atoms with E-state index in [-0.39, 0.29) is 37.0 Å². The molecule has 3 fully saturated rings. The Balaban J connectivity index is 1.15. The molecule has 46 heavy (non-hydrogen) atoms. The van der Waals surface area contributed by atoms with Crippen LogP contribution in [0.2, 0.25) is 0 Å². The van der Waals surface area contributed by atoms with Gasteiger partial charge in [-0.1, -0.05) is 80.4 Å². The van der Waals surface area contributed by atoms with Gasteiger partial charge in [0.05, 0.1) is 19.6 Å². The summed E-state index contributed by atoms with van der Waals surface area (Å²) in [6.07, 6.45) is 9.93. The molecule has 8 nitrogen and oxygen atoms in total. The Morgan fingerprint density at radius 1 is 0.630 bits per heavy atom. The maximum Gasteiger partial charge on any atom is 0.317 e. The van der Waals surface area contributed by atoms with Crippen LogP contribution in [0.25, 0.3) is 0 Å². The lowest BCUT2D eigenvalue weighted by Gasteiger charge is -2.45. The number of rotatable bonds is 13. The fraction of sp³-hybridized carbons (Fsp3) is 0.605. The SMILES string of the molecule is CCN(CC(=O)N1CCC(Cc2ccccc2)CC1)C1CCCCC1N(CC(=O)O)CC(=O)N1CCC(Cc2ccccc2)CC1. The zero-order chi connectivity index (χ0) is 32.3. The maximum atomic E-state index is 13.6. The highest BCUT2D eigenvalue weighted by Crippen LogP contribution is 2.29. The number of carboxylic acid groups (broad SMARTS) is 1. The van der Waals surface area contributed by atoms with Crippen molar-refractivity contribution in [3.63, 3.8) is 0 Å². The van der Waals surface area contributed by atoms with Gasteiger partial charge < -0.3 is 14.9 Å². The molecule has 5 rings (SSSR count). The van der Waals surface area contributed by atoms with Gasteiger partial charge in [0, 0.05) is 38.3 Å². The summed E-state index contributed by atoms with van der Waals surface area (Å²) in [6.45, 7) is 6.18. The van der Waals surface area contributed by atoms with E-state index in [1.165, 1.54) is 11.1 Å². The molecule has 2 aromatic carbocycles. The summed E-state index contributed by atoms with van der Waals surface area (Å²) in [5.74, 6) is 0.462. The number of amides is 2. The average molecular weight is 631 g/mol. The van der Waals surface area contributed by atoms with Gasteiger partial charge >= 0.3 is 5.97 Å². The molecule has 2 unspecified atom stereocenters. The van der Waals surface area contributed by atoms with Crippen LogP contribution in [0, 0.1) is 11.8 Å². The normalized spacial score (nSPS) is 21.5. The average Bonchev–Trinajstić information content (AvgIpc) is 3.08. The van der Waals surface area contributed by atoms with Gasteiger partial charge in [0.2, 0.25) is 11.8 Å². The van der Waals surface area contributed by atoms with Crippen molar-refractivity contribution in [3.8, 4) is 0 Å². The predicted octanol–water partition coefficient (Wildman–Crippen LogP) is 4.97. The second-order valence-corrected chi connectivity index (χ2v) is 13.8. The number of hydrogen-bond donors (Lipinski definition) is 1. The third-order valence-corrected chi connectivity index (χ3v) is 10.7. The first-order valence-electron chi connectivity index (χ1n) is 17.7. The summed E-state index contributed by atoms with van der Waals surface area (Å²) in [5.41, 5.74) is 2.71. The van der Waals surface area contributed by atoms with Crippen molar-refractivity contribution in [2.75, 3.05) is 52.4 Å². The fourth-order valence-electron chi connectivity index (χ4n) is 8.09. The van der Waals surface area contributed by atoms with Crippen LogP contribution in [-0.4, -0.2) is 107 Å².